The van der Waals surface area contributed by atoms with Crippen LogP contribution >= 0.6 is 11.6 Å². The van der Waals surface area contributed by atoms with Gasteiger partial charge in [-0.3, -0.25) is 0 Å². The van der Waals surface area contributed by atoms with Crippen LogP contribution in [0.5, 0.6) is 0 Å². The average Bonchev–Trinajstić information content (AvgIpc) is 2.65. The number of nitrogens with zero attached hydrogens (tertiary/aromatic N) is 2. The van der Waals surface area contributed by atoms with Crippen molar-refractivity contribution in [3.63, 3.8) is 0 Å². The van der Waals surface area contributed by atoms with E-state index in [1.165, 1.54) is 6.07 Å². The number of benzene rings is 1. The fourth-order valence-corrected chi connectivity index (χ4v) is 2.38. The van der Waals surface area contributed by atoms with Crippen LogP contribution in [0.25, 0.3) is 11.0 Å². The molecule has 4 heteroatoms. The van der Waals surface area contributed by atoms with Gasteiger partial charge in [-0.2, -0.15) is 0 Å². The van der Waals surface area contributed by atoms with E-state index >= 15 is 0 Å². The maximum atomic E-state index is 13.6. The molecule has 0 unspecified atom stereocenters. The Morgan fingerprint density at radius 1 is 1.37 bits per heavy atom. The quantitative estimate of drug-likeness (QED) is 0.747. The third-order valence-corrected chi connectivity index (χ3v) is 3.54. The predicted molar refractivity (Wildman–Crippen MR) is 78.3 cm³/mol. The minimum absolute atomic E-state index is 0.196. The van der Waals surface area contributed by atoms with Crippen molar-refractivity contribution in [3.05, 3.63) is 29.3 Å². The minimum Gasteiger partial charge on any atom is -0.328 e. The second-order valence-corrected chi connectivity index (χ2v) is 5.77. The molecule has 2 aromatic rings. The lowest BCUT2D eigenvalue weighted by Gasteiger charge is -2.10. The molecule has 0 amide bonds. The van der Waals surface area contributed by atoms with Crippen LogP contribution in [0.2, 0.25) is 0 Å². The number of hydrogen-bond acceptors (Lipinski definition) is 1. The highest BCUT2D eigenvalue weighted by molar-refractivity contribution is 6.17. The van der Waals surface area contributed by atoms with Crippen molar-refractivity contribution in [1.82, 2.24) is 9.55 Å². The Balaban J connectivity index is 2.48. The summed E-state index contributed by atoms with van der Waals surface area (Å²) in [5, 5.41) is 0. The molecule has 0 saturated heterocycles. The van der Waals surface area contributed by atoms with E-state index in [0.717, 1.165) is 36.2 Å². The van der Waals surface area contributed by atoms with Gasteiger partial charge in [0.2, 0.25) is 0 Å². The monoisotopic (exact) mass is 282 g/mol. The summed E-state index contributed by atoms with van der Waals surface area (Å²) in [5.74, 6) is 1.92. The normalized spacial score (nSPS) is 11.7. The topological polar surface area (TPSA) is 17.8 Å². The molecule has 1 heterocycles. The van der Waals surface area contributed by atoms with Gasteiger partial charge in [0.1, 0.15) is 11.6 Å². The standard InChI is InChI=1S/C15H20ClFN2/c1-10(2)5-7-19-14-8-11(3)12(17)9-13(14)18-15(19)4-6-16/h8-10H,4-7H2,1-3H3. The first kappa shape index (κ1) is 14.3. The van der Waals surface area contributed by atoms with E-state index in [-0.39, 0.29) is 5.82 Å². The molecule has 0 fully saturated rings. The molecular formula is C15H20ClFN2. The van der Waals surface area contributed by atoms with E-state index in [0.29, 0.717) is 17.4 Å². The van der Waals surface area contributed by atoms with E-state index in [4.69, 9.17) is 11.6 Å². The van der Waals surface area contributed by atoms with E-state index in [2.05, 4.69) is 23.4 Å². The highest BCUT2D eigenvalue weighted by Gasteiger charge is 2.12. The number of rotatable bonds is 5. The average molecular weight is 283 g/mol. The van der Waals surface area contributed by atoms with Gasteiger partial charge >= 0.3 is 0 Å². The summed E-state index contributed by atoms with van der Waals surface area (Å²) in [5.41, 5.74) is 2.40. The summed E-state index contributed by atoms with van der Waals surface area (Å²) in [6, 6.07) is 3.41. The fraction of sp³-hybridized carbons (Fsp3) is 0.533. The number of aromatic nitrogens is 2. The fourth-order valence-electron chi connectivity index (χ4n) is 2.21. The Hall–Kier alpha value is -1.09. The highest BCUT2D eigenvalue weighted by Crippen LogP contribution is 2.22. The second kappa shape index (κ2) is 5.91. The third-order valence-electron chi connectivity index (χ3n) is 3.36. The van der Waals surface area contributed by atoms with Crippen molar-refractivity contribution < 1.29 is 4.39 Å². The number of imidazole rings is 1. The molecule has 0 radical (unpaired) electrons. The summed E-state index contributed by atoms with van der Waals surface area (Å²) in [6.45, 7) is 7.10. The van der Waals surface area contributed by atoms with Gasteiger partial charge in [0.15, 0.2) is 0 Å². The zero-order valence-electron chi connectivity index (χ0n) is 11.7. The number of aryl methyl sites for hydroxylation is 3. The van der Waals surface area contributed by atoms with E-state index in [9.17, 15) is 4.39 Å². The molecule has 0 aliphatic rings. The van der Waals surface area contributed by atoms with Crippen molar-refractivity contribution >= 4 is 22.6 Å². The summed E-state index contributed by atoms with van der Waals surface area (Å²) < 4.78 is 15.8. The van der Waals surface area contributed by atoms with Crippen molar-refractivity contribution in [2.24, 2.45) is 5.92 Å². The van der Waals surface area contributed by atoms with Crippen molar-refractivity contribution in [2.75, 3.05) is 5.88 Å². The summed E-state index contributed by atoms with van der Waals surface area (Å²) in [7, 11) is 0. The van der Waals surface area contributed by atoms with Crippen LogP contribution < -0.4 is 0 Å². The van der Waals surface area contributed by atoms with Gasteiger partial charge in [0.25, 0.3) is 0 Å². The molecule has 1 aromatic carbocycles. The van der Waals surface area contributed by atoms with Gasteiger partial charge in [0.05, 0.1) is 11.0 Å². The maximum absolute atomic E-state index is 13.6. The molecule has 2 rings (SSSR count). The minimum atomic E-state index is -0.196. The Bertz CT molecular complexity index is 575. The van der Waals surface area contributed by atoms with Crippen LogP contribution in [0.4, 0.5) is 4.39 Å². The molecule has 0 N–H and O–H groups in total. The largest absolute Gasteiger partial charge is 0.328 e. The molecule has 104 valence electrons. The van der Waals surface area contributed by atoms with Gasteiger partial charge in [-0.05, 0) is 30.9 Å². The van der Waals surface area contributed by atoms with Crippen LogP contribution in [0, 0.1) is 18.7 Å². The molecule has 0 bridgehead atoms. The van der Waals surface area contributed by atoms with E-state index < -0.39 is 0 Å². The van der Waals surface area contributed by atoms with Gasteiger partial charge in [-0.25, -0.2) is 9.37 Å². The summed E-state index contributed by atoms with van der Waals surface area (Å²) in [6.07, 6.45) is 1.80. The smallest absolute Gasteiger partial charge is 0.128 e. The molecule has 0 saturated carbocycles. The van der Waals surface area contributed by atoms with Gasteiger partial charge in [-0.1, -0.05) is 13.8 Å². The molecule has 1 aromatic heterocycles. The number of halogens is 2. The molecular weight excluding hydrogens is 263 g/mol. The first-order valence-electron chi connectivity index (χ1n) is 6.74. The SMILES string of the molecule is Cc1cc2c(cc1F)nc(CCCl)n2CCC(C)C. The number of alkyl halides is 1. The lowest BCUT2D eigenvalue weighted by atomic mass is 10.1. The van der Waals surface area contributed by atoms with E-state index in [1.54, 1.807) is 6.92 Å². The third kappa shape index (κ3) is 3.08. The van der Waals surface area contributed by atoms with Crippen LogP contribution in [0.3, 0.4) is 0 Å². The number of hydrogen-bond donors (Lipinski definition) is 0. The van der Waals surface area contributed by atoms with Gasteiger partial charge in [-0.15, -0.1) is 11.6 Å². The van der Waals surface area contributed by atoms with Crippen molar-refractivity contribution in [1.29, 1.82) is 0 Å². The Morgan fingerprint density at radius 2 is 2.11 bits per heavy atom. The molecule has 19 heavy (non-hydrogen) atoms. The number of fused-ring (bicyclic) bond motifs is 1. The predicted octanol–water partition coefficient (Wildman–Crippen LogP) is 4.31. The van der Waals surface area contributed by atoms with Gasteiger partial charge in [0, 0.05) is 24.9 Å². The Morgan fingerprint density at radius 3 is 2.74 bits per heavy atom. The van der Waals surface area contributed by atoms with Crippen LogP contribution in [-0.2, 0) is 13.0 Å². The van der Waals surface area contributed by atoms with Gasteiger partial charge < -0.3 is 4.57 Å². The summed E-state index contributed by atoms with van der Waals surface area (Å²) >= 11 is 5.83. The molecule has 0 atom stereocenters. The van der Waals surface area contributed by atoms with Crippen molar-refractivity contribution in [2.45, 2.75) is 40.2 Å². The van der Waals surface area contributed by atoms with Crippen LogP contribution in [-0.4, -0.2) is 15.4 Å². The Labute approximate surface area is 118 Å². The van der Waals surface area contributed by atoms with E-state index in [1.807, 2.05) is 6.07 Å². The molecule has 0 aliphatic heterocycles. The molecule has 2 nitrogen and oxygen atoms in total. The van der Waals surface area contributed by atoms with Crippen LogP contribution in [0.15, 0.2) is 12.1 Å². The zero-order valence-corrected chi connectivity index (χ0v) is 12.5. The first-order valence-corrected chi connectivity index (χ1v) is 7.27. The molecule has 0 aliphatic carbocycles. The Kier molecular flexibility index (Phi) is 4.46. The van der Waals surface area contributed by atoms with Crippen molar-refractivity contribution in [3.8, 4) is 0 Å². The zero-order chi connectivity index (χ0) is 14.0. The lowest BCUT2D eigenvalue weighted by Crippen LogP contribution is -2.07. The second-order valence-electron chi connectivity index (χ2n) is 5.39. The maximum Gasteiger partial charge on any atom is 0.128 e. The lowest BCUT2D eigenvalue weighted by molar-refractivity contribution is 0.513. The first-order chi connectivity index (χ1) is 9.02. The van der Waals surface area contributed by atoms with Crippen LogP contribution in [0.1, 0.15) is 31.7 Å². The highest BCUT2D eigenvalue weighted by atomic mass is 35.5. The summed E-state index contributed by atoms with van der Waals surface area (Å²) in [4.78, 5) is 4.52. The molecule has 0 spiro atoms.